The van der Waals surface area contributed by atoms with Gasteiger partial charge in [-0.15, -0.1) is 0 Å². The maximum Gasteiger partial charge on any atom is 0.258 e. The molecule has 120 valence electrons. The zero-order valence-electron chi connectivity index (χ0n) is 13.3. The van der Waals surface area contributed by atoms with Crippen molar-refractivity contribution >= 4 is 22.4 Å². The minimum absolute atomic E-state index is 0.104. The first-order valence-corrected chi connectivity index (χ1v) is 8.79. The van der Waals surface area contributed by atoms with Crippen LogP contribution in [0.3, 0.4) is 0 Å². The van der Waals surface area contributed by atoms with Crippen LogP contribution in [0.4, 0.5) is 5.00 Å². The lowest BCUT2D eigenvalue weighted by atomic mass is 10.1. The largest absolute Gasteiger partial charge is 0.312 e. The molecule has 1 aliphatic rings. The number of amides is 1. The number of nitrogens with one attached hydrogen (secondary N) is 1. The minimum Gasteiger partial charge on any atom is -0.312 e. The summed E-state index contributed by atoms with van der Waals surface area (Å²) in [7, 11) is 0. The van der Waals surface area contributed by atoms with Gasteiger partial charge in [0.25, 0.3) is 5.91 Å². The van der Waals surface area contributed by atoms with E-state index in [1.165, 1.54) is 11.5 Å². The Hall–Kier alpha value is -2.53. The first-order chi connectivity index (χ1) is 11.7. The number of anilines is 1. The first kappa shape index (κ1) is 15.0. The van der Waals surface area contributed by atoms with Crippen LogP contribution in [0, 0.1) is 6.92 Å². The Bertz CT molecular complexity index is 885. The molecule has 2 heterocycles. The van der Waals surface area contributed by atoms with Crippen molar-refractivity contribution in [2.24, 2.45) is 0 Å². The number of nitrogens with zero attached hydrogens (tertiary/aromatic N) is 2. The number of carbonyl (C=O) groups is 1. The van der Waals surface area contributed by atoms with Gasteiger partial charge in [-0.1, -0.05) is 30.3 Å². The van der Waals surface area contributed by atoms with Gasteiger partial charge in [0.1, 0.15) is 5.00 Å². The number of pyridine rings is 1. The van der Waals surface area contributed by atoms with E-state index in [9.17, 15) is 4.79 Å². The number of aromatic nitrogens is 2. The second-order valence-corrected chi connectivity index (χ2v) is 6.86. The highest BCUT2D eigenvalue weighted by Crippen LogP contribution is 2.40. The molecule has 2 aromatic heterocycles. The molecule has 0 aliphatic heterocycles. The van der Waals surface area contributed by atoms with Gasteiger partial charge in [0.2, 0.25) is 0 Å². The Morgan fingerprint density at radius 1 is 1.17 bits per heavy atom. The Morgan fingerprint density at radius 2 is 1.96 bits per heavy atom. The highest BCUT2D eigenvalue weighted by molar-refractivity contribution is 7.10. The molecule has 0 bridgehead atoms. The van der Waals surface area contributed by atoms with Crippen LogP contribution in [0.5, 0.6) is 0 Å². The SMILES string of the molecule is Cc1ccc(C(=O)Nc2cc(-c3ccccc3)ns2)c(C2CC2)n1. The van der Waals surface area contributed by atoms with E-state index in [0.29, 0.717) is 11.5 Å². The summed E-state index contributed by atoms with van der Waals surface area (Å²) in [6.45, 7) is 1.96. The molecule has 1 aromatic carbocycles. The van der Waals surface area contributed by atoms with E-state index in [2.05, 4.69) is 14.7 Å². The molecule has 0 unspecified atom stereocenters. The maximum absolute atomic E-state index is 12.7. The van der Waals surface area contributed by atoms with Crippen molar-refractivity contribution in [2.45, 2.75) is 25.7 Å². The second-order valence-electron chi connectivity index (χ2n) is 6.06. The predicted molar refractivity (Wildman–Crippen MR) is 96.5 cm³/mol. The average Bonchev–Trinajstić information content (AvgIpc) is 3.35. The molecule has 5 heteroatoms. The Balaban J connectivity index is 1.56. The number of rotatable bonds is 4. The van der Waals surface area contributed by atoms with Crippen LogP contribution in [-0.4, -0.2) is 15.3 Å². The zero-order valence-corrected chi connectivity index (χ0v) is 14.1. The molecule has 4 nitrogen and oxygen atoms in total. The van der Waals surface area contributed by atoms with E-state index in [-0.39, 0.29) is 5.91 Å². The lowest BCUT2D eigenvalue weighted by molar-refractivity contribution is 0.102. The minimum atomic E-state index is -0.104. The van der Waals surface area contributed by atoms with Crippen molar-refractivity contribution in [3.05, 3.63) is 65.5 Å². The summed E-state index contributed by atoms with van der Waals surface area (Å²) in [6.07, 6.45) is 2.24. The van der Waals surface area contributed by atoms with E-state index in [1.807, 2.05) is 55.5 Å². The molecular weight excluding hydrogens is 318 g/mol. The van der Waals surface area contributed by atoms with E-state index in [0.717, 1.165) is 40.5 Å². The lowest BCUT2D eigenvalue weighted by Crippen LogP contribution is -2.14. The van der Waals surface area contributed by atoms with Crippen LogP contribution < -0.4 is 5.32 Å². The van der Waals surface area contributed by atoms with Crippen molar-refractivity contribution < 1.29 is 4.79 Å². The summed E-state index contributed by atoms with van der Waals surface area (Å²) < 4.78 is 4.43. The molecule has 1 saturated carbocycles. The number of hydrogen-bond acceptors (Lipinski definition) is 4. The van der Waals surface area contributed by atoms with Crippen LogP contribution in [-0.2, 0) is 0 Å². The summed E-state index contributed by atoms with van der Waals surface area (Å²) in [4.78, 5) is 17.2. The molecule has 0 spiro atoms. The summed E-state index contributed by atoms with van der Waals surface area (Å²) in [5.41, 5.74) is 4.49. The topological polar surface area (TPSA) is 54.9 Å². The maximum atomic E-state index is 12.7. The van der Waals surface area contributed by atoms with Gasteiger partial charge in [-0.3, -0.25) is 9.78 Å². The van der Waals surface area contributed by atoms with E-state index < -0.39 is 0 Å². The van der Waals surface area contributed by atoms with Crippen LogP contribution in [0.1, 0.15) is 40.5 Å². The van der Waals surface area contributed by atoms with Gasteiger partial charge in [0, 0.05) is 23.2 Å². The van der Waals surface area contributed by atoms with Crippen LogP contribution in [0.2, 0.25) is 0 Å². The molecule has 1 amide bonds. The predicted octanol–water partition coefficient (Wildman–Crippen LogP) is 4.64. The molecule has 3 aromatic rings. The van der Waals surface area contributed by atoms with Gasteiger partial charge in [0.05, 0.1) is 17.0 Å². The standard InChI is InChI=1S/C19H17N3OS/c1-12-7-10-15(18(20-12)14-8-9-14)19(23)21-17-11-16(22-24-17)13-5-3-2-4-6-13/h2-7,10-11,14H,8-9H2,1H3,(H,21,23). The van der Waals surface area contributed by atoms with Crippen LogP contribution in [0.25, 0.3) is 11.3 Å². The van der Waals surface area contributed by atoms with Crippen molar-refractivity contribution in [1.82, 2.24) is 9.36 Å². The second kappa shape index (κ2) is 6.17. The first-order valence-electron chi connectivity index (χ1n) is 8.02. The van der Waals surface area contributed by atoms with Gasteiger partial charge >= 0.3 is 0 Å². The molecule has 0 atom stereocenters. The van der Waals surface area contributed by atoms with E-state index in [1.54, 1.807) is 0 Å². The molecule has 0 radical (unpaired) electrons. The summed E-state index contributed by atoms with van der Waals surface area (Å²) in [6, 6.07) is 15.6. The fraction of sp³-hybridized carbons (Fsp3) is 0.211. The van der Waals surface area contributed by atoms with Gasteiger partial charge < -0.3 is 5.32 Å². The van der Waals surface area contributed by atoms with E-state index in [4.69, 9.17) is 0 Å². The molecule has 1 aliphatic carbocycles. The summed E-state index contributed by atoms with van der Waals surface area (Å²) in [5, 5.41) is 3.72. The quantitative estimate of drug-likeness (QED) is 0.755. The summed E-state index contributed by atoms with van der Waals surface area (Å²) >= 11 is 1.30. The van der Waals surface area contributed by atoms with Gasteiger partial charge in [-0.25, -0.2) is 0 Å². The molecular formula is C19H17N3OS. The molecule has 24 heavy (non-hydrogen) atoms. The fourth-order valence-electron chi connectivity index (χ4n) is 2.70. The smallest absolute Gasteiger partial charge is 0.258 e. The van der Waals surface area contributed by atoms with Crippen molar-refractivity contribution in [1.29, 1.82) is 0 Å². The highest BCUT2D eigenvalue weighted by atomic mass is 32.1. The van der Waals surface area contributed by atoms with Gasteiger partial charge in [0.15, 0.2) is 0 Å². The fourth-order valence-corrected chi connectivity index (χ4v) is 3.35. The summed E-state index contributed by atoms with van der Waals surface area (Å²) in [5.74, 6) is 0.333. The van der Waals surface area contributed by atoms with Crippen molar-refractivity contribution in [2.75, 3.05) is 5.32 Å². The normalized spacial score (nSPS) is 13.7. The molecule has 1 fully saturated rings. The van der Waals surface area contributed by atoms with Crippen molar-refractivity contribution in [3.8, 4) is 11.3 Å². The molecule has 1 N–H and O–H groups in total. The van der Waals surface area contributed by atoms with Crippen molar-refractivity contribution in [3.63, 3.8) is 0 Å². The third-order valence-corrected chi connectivity index (χ3v) is 4.79. The Morgan fingerprint density at radius 3 is 2.71 bits per heavy atom. The number of benzene rings is 1. The van der Waals surface area contributed by atoms with Gasteiger partial charge in [-0.2, -0.15) is 4.37 Å². The zero-order chi connectivity index (χ0) is 16.5. The highest BCUT2D eigenvalue weighted by Gasteiger charge is 2.29. The van der Waals surface area contributed by atoms with Crippen LogP contribution in [0.15, 0.2) is 48.5 Å². The third-order valence-electron chi connectivity index (χ3n) is 4.09. The molecule has 4 rings (SSSR count). The average molecular weight is 335 g/mol. The lowest BCUT2D eigenvalue weighted by Gasteiger charge is -2.08. The number of aryl methyl sites for hydroxylation is 1. The number of hydrogen-bond donors (Lipinski definition) is 1. The monoisotopic (exact) mass is 335 g/mol. The molecule has 0 saturated heterocycles. The Labute approximate surface area is 144 Å². The number of carbonyl (C=O) groups excluding carboxylic acids is 1. The van der Waals surface area contributed by atoms with E-state index >= 15 is 0 Å². The van der Waals surface area contributed by atoms with Crippen LogP contribution >= 0.6 is 11.5 Å². The Kier molecular flexibility index (Phi) is 3.86. The van der Waals surface area contributed by atoms with Gasteiger partial charge in [-0.05, 0) is 43.4 Å². The third kappa shape index (κ3) is 3.08.